The fourth-order valence-corrected chi connectivity index (χ4v) is 3.36. The van der Waals surface area contributed by atoms with E-state index in [0.717, 1.165) is 26.4 Å². The van der Waals surface area contributed by atoms with Gasteiger partial charge in [-0.05, 0) is 43.8 Å². The lowest BCUT2D eigenvalue weighted by Gasteiger charge is -2.10. The van der Waals surface area contributed by atoms with E-state index in [4.69, 9.17) is 4.74 Å². The third-order valence-corrected chi connectivity index (χ3v) is 4.36. The van der Waals surface area contributed by atoms with Crippen LogP contribution in [0.4, 0.5) is 4.79 Å². The van der Waals surface area contributed by atoms with Crippen LogP contribution >= 0.6 is 23.1 Å². The zero-order valence-electron chi connectivity index (χ0n) is 11.0. The molecular weight excluding hydrogens is 298 g/mol. The highest BCUT2D eigenvalue weighted by molar-refractivity contribution is 8.18. The lowest BCUT2D eigenvalue weighted by Crippen LogP contribution is -2.34. The lowest BCUT2D eigenvalue weighted by molar-refractivity contribution is -0.145. The summed E-state index contributed by atoms with van der Waals surface area (Å²) in [6.45, 7) is 3.53. The van der Waals surface area contributed by atoms with E-state index in [0.29, 0.717) is 4.91 Å². The molecule has 0 bridgehead atoms. The molecule has 106 valence electrons. The minimum absolute atomic E-state index is 0.222. The molecule has 7 heteroatoms. The Labute approximate surface area is 124 Å². The van der Waals surface area contributed by atoms with Crippen LogP contribution in [-0.4, -0.2) is 35.2 Å². The van der Waals surface area contributed by atoms with Gasteiger partial charge in [-0.1, -0.05) is 0 Å². The van der Waals surface area contributed by atoms with Gasteiger partial charge in [0.25, 0.3) is 11.1 Å². The number of thioether (sulfide) groups is 1. The molecule has 2 rings (SSSR count). The van der Waals surface area contributed by atoms with Gasteiger partial charge in [-0.2, -0.15) is 0 Å². The van der Waals surface area contributed by atoms with Gasteiger partial charge in [-0.15, -0.1) is 11.3 Å². The molecule has 1 saturated heterocycles. The predicted octanol–water partition coefficient (Wildman–Crippen LogP) is 2.66. The molecule has 5 nitrogen and oxygen atoms in total. The average Bonchev–Trinajstić information content (AvgIpc) is 2.89. The van der Waals surface area contributed by atoms with E-state index in [-0.39, 0.29) is 13.2 Å². The zero-order valence-corrected chi connectivity index (χ0v) is 12.7. The van der Waals surface area contributed by atoms with Gasteiger partial charge in [-0.3, -0.25) is 19.3 Å². The summed E-state index contributed by atoms with van der Waals surface area (Å²) in [6, 6.07) is 3.83. The molecule has 2 heterocycles. The van der Waals surface area contributed by atoms with Crippen molar-refractivity contribution in [2.75, 3.05) is 13.2 Å². The van der Waals surface area contributed by atoms with Crippen LogP contribution in [0.2, 0.25) is 0 Å². The monoisotopic (exact) mass is 311 g/mol. The minimum atomic E-state index is -0.581. The number of hydrogen-bond donors (Lipinski definition) is 0. The SMILES string of the molecule is CCOC(=O)CN1C(=O)S/C(=C\c2ccc(C)s2)C1=O. The maximum atomic E-state index is 12.1. The third-order valence-electron chi connectivity index (χ3n) is 2.50. The van der Waals surface area contributed by atoms with E-state index >= 15 is 0 Å². The standard InChI is InChI=1S/C13H13NO4S2/c1-3-18-11(15)7-14-12(16)10(20-13(14)17)6-9-5-4-8(2)19-9/h4-6H,3,7H2,1-2H3/b10-6-. The Morgan fingerprint density at radius 1 is 1.40 bits per heavy atom. The van der Waals surface area contributed by atoms with E-state index in [9.17, 15) is 14.4 Å². The largest absolute Gasteiger partial charge is 0.465 e. The number of aryl methyl sites for hydroxylation is 1. The van der Waals surface area contributed by atoms with Gasteiger partial charge in [0.1, 0.15) is 6.54 Å². The smallest absolute Gasteiger partial charge is 0.326 e. The lowest BCUT2D eigenvalue weighted by atomic mass is 10.3. The van der Waals surface area contributed by atoms with E-state index in [1.165, 1.54) is 11.3 Å². The molecular formula is C13H13NO4S2. The Morgan fingerprint density at radius 2 is 2.15 bits per heavy atom. The Morgan fingerprint density at radius 3 is 2.75 bits per heavy atom. The van der Waals surface area contributed by atoms with Crippen molar-refractivity contribution in [3.8, 4) is 0 Å². The summed E-state index contributed by atoms with van der Waals surface area (Å²) >= 11 is 2.38. The van der Waals surface area contributed by atoms with Crippen LogP contribution in [0.3, 0.4) is 0 Å². The average molecular weight is 311 g/mol. The number of esters is 1. The number of carbonyl (C=O) groups is 3. The second-order valence-electron chi connectivity index (χ2n) is 4.02. The third kappa shape index (κ3) is 3.29. The Hall–Kier alpha value is -1.60. The second-order valence-corrected chi connectivity index (χ2v) is 6.33. The van der Waals surface area contributed by atoms with Crippen LogP contribution in [0.5, 0.6) is 0 Å². The number of ether oxygens (including phenoxy) is 1. The highest BCUT2D eigenvalue weighted by atomic mass is 32.2. The Kier molecular flexibility index (Phi) is 4.61. The van der Waals surface area contributed by atoms with Crippen LogP contribution in [0.25, 0.3) is 6.08 Å². The second kappa shape index (κ2) is 6.23. The molecule has 0 aliphatic carbocycles. The van der Waals surface area contributed by atoms with E-state index in [2.05, 4.69) is 0 Å². The van der Waals surface area contributed by atoms with E-state index in [1.54, 1.807) is 13.0 Å². The van der Waals surface area contributed by atoms with Gasteiger partial charge in [0.05, 0.1) is 11.5 Å². The van der Waals surface area contributed by atoms with Gasteiger partial charge < -0.3 is 4.74 Å². The molecule has 1 aliphatic heterocycles. The number of rotatable bonds is 4. The molecule has 0 N–H and O–H groups in total. The van der Waals surface area contributed by atoms with Crippen molar-refractivity contribution >= 4 is 46.3 Å². The van der Waals surface area contributed by atoms with Crippen LogP contribution in [0, 0.1) is 6.92 Å². The predicted molar refractivity (Wildman–Crippen MR) is 78.4 cm³/mol. The molecule has 0 spiro atoms. The minimum Gasteiger partial charge on any atom is -0.465 e. The van der Waals surface area contributed by atoms with Gasteiger partial charge in [0.2, 0.25) is 0 Å². The van der Waals surface area contributed by atoms with Crippen molar-refractivity contribution in [3.05, 3.63) is 26.8 Å². The molecule has 0 atom stereocenters. The van der Waals surface area contributed by atoms with E-state index < -0.39 is 17.1 Å². The summed E-state index contributed by atoms with van der Waals surface area (Å²) < 4.78 is 4.75. The Balaban J connectivity index is 2.12. The highest BCUT2D eigenvalue weighted by Crippen LogP contribution is 2.33. The molecule has 1 aromatic heterocycles. The maximum Gasteiger partial charge on any atom is 0.326 e. The number of thiophene rings is 1. The van der Waals surface area contributed by atoms with Gasteiger partial charge in [-0.25, -0.2) is 0 Å². The molecule has 0 aromatic carbocycles. The quantitative estimate of drug-likeness (QED) is 0.632. The van der Waals surface area contributed by atoms with Crippen molar-refractivity contribution in [1.29, 1.82) is 0 Å². The van der Waals surface area contributed by atoms with Gasteiger partial charge in [0.15, 0.2) is 0 Å². The van der Waals surface area contributed by atoms with Crippen molar-refractivity contribution in [2.45, 2.75) is 13.8 Å². The maximum absolute atomic E-state index is 12.1. The summed E-state index contributed by atoms with van der Waals surface area (Å²) in [5.41, 5.74) is 0. The van der Waals surface area contributed by atoms with Crippen LogP contribution in [-0.2, 0) is 14.3 Å². The fraction of sp³-hybridized carbons (Fsp3) is 0.308. The molecule has 0 saturated carbocycles. The molecule has 0 unspecified atom stereocenters. The zero-order chi connectivity index (χ0) is 14.7. The van der Waals surface area contributed by atoms with Crippen molar-refractivity contribution in [2.24, 2.45) is 0 Å². The van der Waals surface area contributed by atoms with Gasteiger partial charge >= 0.3 is 5.97 Å². The first-order valence-corrected chi connectivity index (χ1v) is 7.62. The molecule has 20 heavy (non-hydrogen) atoms. The molecule has 2 amide bonds. The number of nitrogens with zero attached hydrogens (tertiary/aromatic N) is 1. The van der Waals surface area contributed by atoms with Crippen molar-refractivity contribution in [3.63, 3.8) is 0 Å². The summed E-state index contributed by atoms with van der Waals surface area (Å²) in [7, 11) is 0. The number of amides is 2. The summed E-state index contributed by atoms with van der Waals surface area (Å²) in [4.78, 5) is 38.5. The molecule has 0 radical (unpaired) electrons. The number of imide groups is 1. The Bertz CT molecular complexity index is 591. The number of hydrogen-bond acceptors (Lipinski definition) is 6. The molecule has 1 fully saturated rings. The van der Waals surface area contributed by atoms with Crippen molar-refractivity contribution in [1.82, 2.24) is 4.90 Å². The highest BCUT2D eigenvalue weighted by Gasteiger charge is 2.36. The van der Waals surface area contributed by atoms with Gasteiger partial charge in [0, 0.05) is 9.75 Å². The summed E-state index contributed by atoms with van der Waals surface area (Å²) in [5, 5.41) is -0.442. The topological polar surface area (TPSA) is 63.7 Å². The molecule has 1 aliphatic rings. The van der Waals surface area contributed by atoms with Crippen molar-refractivity contribution < 1.29 is 19.1 Å². The summed E-state index contributed by atoms with van der Waals surface area (Å²) in [6.07, 6.45) is 1.67. The summed E-state index contributed by atoms with van der Waals surface area (Å²) in [5.74, 6) is -1.03. The first-order chi connectivity index (χ1) is 9.51. The first-order valence-electron chi connectivity index (χ1n) is 5.98. The van der Waals surface area contributed by atoms with Crippen LogP contribution in [0.15, 0.2) is 17.0 Å². The van der Waals surface area contributed by atoms with Crippen LogP contribution < -0.4 is 0 Å². The first kappa shape index (κ1) is 14.8. The molecule has 1 aromatic rings. The fourth-order valence-electron chi connectivity index (χ4n) is 1.63. The number of carbonyl (C=O) groups excluding carboxylic acids is 3. The van der Waals surface area contributed by atoms with E-state index in [1.807, 2.05) is 19.1 Å². The van der Waals surface area contributed by atoms with Crippen LogP contribution in [0.1, 0.15) is 16.7 Å². The normalized spacial score (nSPS) is 17.1.